The number of hydrogen-bond acceptors (Lipinski definition) is 7. The first-order chi connectivity index (χ1) is 19.5. The maximum atomic E-state index is 15.1. The average molecular weight is 582 g/mol. The second-order valence-corrected chi connectivity index (χ2v) is 13.5. The molecule has 12 heteroatoms. The van der Waals surface area contributed by atoms with Gasteiger partial charge in [0.25, 0.3) is 0 Å². The molecule has 41 heavy (non-hydrogen) atoms. The summed E-state index contributed by atoms with van der Waals surface area (Å²) in [4.78, 5) is 13.3. The SMILES string of the molecule is CN(C)C1CCN(c2ccc(Nc3ncc4ccn(-c5ccc(F)c(NS(=O)(=O)C6(C)CC6)c5)c4n3)cc2F)CC1. The van der Waals surface area contributed by atoms with Gasteiger partial charge in [-0.1, -0.05) is 0 Å². The van der Waals surface area contributed by atoms with E-state index in [1.54, 1.807) is 36.0 Å². The van der Waals surface area contributed by atoms with Gasteiger partial charge < -0.3 is 19.7 Å². The molecule has 9 nitrogen and oxygen atoms in total. The Labute approximate surface area is 238 Å². The summed E-state index contributed by atoms with van der Waals surface area (Å²) in [5.74, 6) is -0.715. The molecular weight excluding hydrogens is 548 g/mol. The number of anilines is 4. The minimum absolute atomic E-state index is 0.119. The summed E-state index contributed by atoms with van der Waals surface area (Å²) >= 11 is 0. The van der Waals surface area contributed by atoms with E-state index in [9.17, 15) is 12.8 Å². The number of nitrogens with one attached hydrogen (secondary N) is 2. The third-order valence-corrected chi connectivity index (χ3v) is 10.4. The van der Waals surface area contributed by atoms with Crippen molar-refractivity contribution in [3.8, 4) is 5.69 Å². The molecule has 1 aliphatic heterocycles. The lowest BCUT2D eigenvalue weighted by atomic mass is 10.0. The van der Waals surface area contributed by atoms with Gasteiger partial charge in [0.2, 0.25) is 16.0 Å². The van der Waals surface area contributed by atoms with Crippen molar-refractivity contribution in [3.05, 3.63) is 66.5 Å². The first-order valence-corrected chi connectivity index (χ1v) is 15.2. The first kappa shape index (κ1) is 27.4. The number of sulfonamides is 1. The van der Waals surface area contributed by atoms with Gasteiger partial charge in [0.15, 0.2) is 0 Å². The number of halogens is 2. The monoisotopic (exact) mass is 581 g/mol. The van der Waals surface area contributed by atoms with Gasteiger partial charge in [-0.15, -0.1) is 0 Å². The Morgan fingerprint density at radius 2 is 1.78 bits per heavy atom. The summed E-state index contributed by atoms with van der Waals surface area (Å²) in [6.07, 6.45) is 6.45. The lowest BCUT2D eigenvalue weighted by Crippen LogP contribution is -2.42. The second kappa shape index (κ2) is 10.3. The zero-order valence-corrected chi connectivity index (χ0v) is 24.0. The van der Waals surface area contributed by atoms with Crippen molar-refractivity contribution >= 4 is 44.1 Å². The number of fused-ring (bicyclic) bond motifs is 1. The molecule has 2 N–H and O–H groups in total. The van der Waals surface area contributed by atoms with E-state index in [0.29, 0.717) is 41.6 Å². The molecule has 0 bridgehead atoms. The molecule has 1 aliphatic carbocycles. The first-order valence-electron chi connectivity index (χ1n) is 13.7. The second-order valence-electron chi connectivity index (χ2n) is 11.4. The Morgan fingerprint density at radius 1 is 1.02 bits per heavy atom. The number of hydrogen-bond donors (Lipinski definition) is 2. The van der Waals surface area contributed by atoms with Crippen LogP contribution >= 0.6 is 0 Å². The Bertz CT molecular complexity index is 1710. The van der Waals surface area contributed by atoms with Crippen molar-refractivity contribution < 1.29 is 17.2 Å². The van der Waals surface area contributed by atoms with Crippen LogP contribution in [0.2, 0.25) is 0 Å². The Morgan fingerprint density at radius 3 is 2.46 bits per heavy atom. The molecule has 216 valence electrons. The van der Waals surface area contributed by atoms with Crippen LogP contribution in [0.1, 0.15) is 32.6 Å². The predicted molar refractivity (Wildman–Crippen MR) is 158 cm³/mol. The molecule has 4 aromatic rings. The largest absolute Gasteiger partial charge is 0.369 e. The van der Waals surface area contributed by atoms with E-state index in [0.717, 1.165) is 31.3 Å². The smallest absolute Gasteiger partial charge is 0.238 e. The summed E-state index contributed by atoms with van der Waals surface area (Å²) in [6, 6.07) is 11.6. The normalized spacial score (nSPS) is 17.3. The quantitative estimate of drug-likeness (QED) is 0.293. The van der Waals surface area contributed by atoms with Crippen LogP contribution in [0.3, 0.4) is 0 Å². The molecule has 0 atom stereocenters. The van der Waals surface area contributed by atoms with Crippen LogP contribution in [0.5, 0.6) is 0 Å². The van der Waals surface area contributed by atoms with Gasteiger partial charge in [0.05, 0.1) is 16.1 Å². The van der Waals surface area contributed by atoms with Crippen LogP contribution in [0.25, 0.3) is 16.7 Å². The summed E-state index contributed by atoms with van der Waals surface area (Å²) in [6.45, 7) is 3.25. The number of nitrogens with zero attached hydrogens (tertiary/aromatic N) is 5. The third kappa shape index (κ3) is 5.33. The lowest BCUT2D eigenvalue weighted by Gasteiger charge is -2.36. The topological polar surface area (TPSA) is 95.4 Å². The molecule has 1 saturated carbocycles. The average Bonchev–Trinajstić information content (AvgIpc) is 3.57. The Kier molecular flexibility index (Phi) is 6.85. The highest BCUT2D eigenvalue weighted by molar-refractivity contribution is 7.94. The van der Waals surface area contributed by atoms with E-state index >= 15 is 4.39 Å². The van der Waals surface area contributed by atoms with E-state index in [4.69, 9.17) is 0 Å². The molecule has 3 heterocycles. The van der Waals surface area contributed by atoms with Gasteiger partial charge in [0, 0.05) is 48.3 Å². The zero-order valence-electron chi connectivity index (χ0n) is 23.2. The van der Waals surface area contributed by atoms with Gasteiger partial charge in [0.1, 0.15) is 17.3 Å². The Hall–Kier alpha value is -3.77. The van der Waals surface area contributed by atoms with E-state index in [1.165, 1.54) is 18.2 Å². The number of benzene rings is 2. The van der Waals surface area contributed by atoms with Gasteiger partial charge in [-0.2, -0.15) is 4.98 Å². The molecule has 0 amide bonds. The molecule has 2 aromatic carbocycles. The minimum Gasteiger partial charge on any atom is -0.369 e. The summed E-state index contributed by atoms with van der Waals surface area (Å²) in [7, 11) is 0.434. The summed E-state index contributed by atoms with van der Waals surface area (Å²) < 4.78 is 58.4. The lowest BCUT2D eigenvalue weighted by molar-refractivity contribution is 0.249. The molecule has 2 fully saturated rings. The van der Waals surface area contributed by atoms with E-state index in [1.807, 2.05) is 12.1 Å². The molecule has 0 spiro atoms. The maximum Gasteiger partial charge on any atom is 0.238 e. The van der Waals surface area contributed by atoms with Crippen molar-refractivity contribution in [2.75, 3.05) is 42.1 Å². The molecule has 1 saturated heterocycles. The van der Waals surface area contributed by atoms with Crippen LogP contribution in [0.15, 0.2) is 54.9 Å². The van der Waals surface area contributed by atoms with Gasteiger partial charge in [-0.3, -0.25) is 4.72 Å². The number of aromatic nitrogens is 3. The van der Waals surface area contributed by atoms with Crippen LogP contribution in [-0.4, -0.2) is 65.8 Å². The highest BCUT2D eigenvalue weighted by Gasteiger charge is 2.50. The molecule has 0 unspecified atom stereocenters. The fraction of sp³-hybridized carbons (Fsp3) is 0.379. The van der Waals surface area contributed by atoms with E-state index < -0.39 is 20.6 Å². The van der Waals surface area contributed by atoms with Crippen LogP contribution in [0, 0.1) is 11.6 Å². The van der Waals surface area contributed by atoms with Crippen molar-refractivity contribution in [2.45, 2.75) is 43.4 Å². The maximum absolute atomic E-state index is 15.1. The molecular formula is C29H33F2N7O2S. The van der Waals surface area contributed by atoms with E-state index in [2.05, 4.69) is 43.9 Å². The van der Waals surface area contributed by atoms with Crippen molar-refractivity contribution in [2.24, 2.45) is 0 Å². The Balaban J connectivity index is 1.22. The summed E-state index contributed by atoms with van der Waals surface area (Å²) in [5.41, 5.74) is 2.03. The predicted octanol–water partition coefficient (Wildman–Crippen LogP) is 5.27. The van der Waals surface area contributed by atoms with Crippen molar-refractivity contribution in [1.82, 2.24) is 19.4 Å². The van der Waals surface area contributed by atoms with Gasteiger partial charge in [-0.05, 0) is 89.2 Å². The molecule has 2 aromatic heterocycles. The third-order valence-electron chi connectivity index (χ3n) is 8.24. The fourth-order valence-electron chi connectivity index (χ4n) is 5.23. The van der Waals surface area contributed by atoms with Crippen molar-refractivity contribution in [3.63, 3.8) is 0 Å². The number of piperidine rings is 1. The zero-order chi connectivity index (χ0) is 28.9. The van der Waals surface area contributed by atoms with Gasteiger partial charge >= 0.3 is 0 Å². The van der Waals surface area contributed by atoms with Crippen LogP contribution < -0.4 is 14.9 Å². The van der Waals surface area contributed by atoms with Crippen LogP contribution in [0.4, 0.5) is 31.8 Å². The fourth-order valence-corrected chi connectivity index (χ4v) is 6.57. The molecule has 6 rings (SSSR count). The van der Waals surface area contributed by atoms with Crippen molar-refractivity contribution in [1.29, 1.82) is 0 Å². The van der Waals surface area contributed by atoms with E-state index in [-0.39, 0.29) is 17.5 Å². The summed E-state index contributed by atoms with van der Waals surface area (Å²) in [5, 5.41) is 3.81. The van der Waals surface area contributed by atoms with Gasteiger partial charge in [-0.25, -0.2) is 22.2 Å². The number of rotatable bonds is 8. The highest BCUT2D eigenvalue weighted by atomic mass is 32.2. The molecule has 0 radical (unpaired) electrons. The highest BCUT2D eigenvalue weighted by Crippen LogP contribution is 2.43. The van der Waals surface area contributed by atoms with Crippen LogP contribution in [-0.2, 0) is 10.0 Å². The standard InChI is InChI=1S/C29H33F2N7O2S/c1-29(11-12-29)41(39,40)35-25-17-22(5-6-23(25)30)38-15-8-19-18-32-28(34-27(19)38)33-20-4-7-26(24(31)16-20)37-13-9-21(10-14-37)36(2)3/h4-8,15-18,21,35H,9-14H2,1-3H3,(H,32,33,34). The molecule has 2 aliphatic rings. The minimum atomic E-state index is -3.72.